The molecule has 132 valence electrons. The van der Waals surface area contributed by atoms with E-state index in [1.54, 1.807) is 12.3 Å². The molecule has 5 nitrogen and oxygen atoms in total. The molecule has 0 spiro atoms. The standard InChI is InChI=1S/C19H15ClN2O3S/c20-16-9-15(22-25)17(26-16)12-3-6-14(21-10-12)11-1-4-13(5-2-11)19(7-8-19)18(23)24/h1-6,9-10,22,25H,7-8H2,(H,23,24). The highest BCUT2D eigenvalue weighted by molar-refractivity contribution is 7.20. The average Bonchev–Trinajstić information content (AvgIpc) is 3.39. The second kappa shape index (κ2) is 6.39. The van der Waals surface area contributed by atoms with Crippen molar-refractivity contribution >= 4 is 34.6 Å². The SMILES string of the molecule is O=C(O)C1(c2ccc(-c3ccc(-c4sc(Cl)cc4NO)cn3)cc2)CC1. The summed E-state index contributed by atoms with van der Waals surface area (Å²) in [6, 6.07) is 13.0. The minimum atomic E-state index is -0.754. The molecule has 0 bridgehead atoms. The summed E-state index contributed by atoms with van der Waals surface area (Å²) in [5, 5.41) is 18.6. The van der Waals surface area contributed by atoms with Crippen molar-refractivity contribution in [3.8, 4) is 21.7 Å². The first-order valence-electron chi connectivity index (χ1n) is 8.04. The predicted molar refractivity (Wildman–Crippen MR) is 102 cm³/mol. The van der Waals surface area contributed by atoms with Gasteiger partial charge in [0.05, 0.1) is 26.0 Å². The molecule has 0 radical (unpaired) electrons. The Labute approximate surface area is 158 Å². The average molecular weight is 387 g/mol. The van der Waals surface area contributed by atoms with E-state index in [0.29, 0.717) is 22.9 Å². The normalized spacial score (nSPS) is 14.8. The number of thiophene rings is 1. The lowest BCUT2D eigenvalue weighted by Crippen LogP contribution is -2.19. The Balaban J connectivity index is 1.60. The Bertz CT molecular complexity index is 963. The number of halogens is 1. The molecule has 0 aliphatic heterocycles. The van der Waals surface area contributed by atoms with Gasteiger partial charge in [0.15, 0.2) is 0 Å². The molecular weight excluding hydrogens is 372 g/mol. The molecule has 26 heavy (non-hydrogen) atoms. The first-order valence-corrected chi connectivity index (χ1v) is 9.23. The molecule has 0 amide bonds. The number of aliphatic carboxylic acids is 1. The lowest BCUT2D eigenvalue weighted by Gasteiger charge is -2.11. The number of carboxylic acid groups (broad SMARTS) is 1. The van der Waals surface area contributed by atoms with Gasteiger partial charge in [0, 0.05) is 17.3 Å². The van der Waals surface area contributed by atoms with Crippen LogP contribution in [0.3, 0.4) is 0 Å². The highest BCUT2D eigenvalue weighted by Crippen LogP contribution is 2.48. The molecule has 3 aromatic rings. The van der Waals surface area contributed by atoms with Crippen molar-refractivity contribution < 1.29 is 15.1 Å². The number of benzene rings is 1. The van der Waals surface area contributed by atoms with Crippen LogP contribution in [0.5, 0.6) is 0 Å². The summed E-state index contributed by atoms with van der Waals surface area (Å²) in [4.78, 5) is 16.7. The van der Waals surface area contributed by atoms with Crippen molar-refractivity contribution in [2.75, 3.05) is 5.48 Å². The van der Waals surface area contributed by atoms with Crippen LogP contribution in [-0.4, -0.2) is 21.3 Å². The number of nitrogens with zero attached hydrogens (tertiary/aromatic N) is 1. The number of anilines is 1. The van der Waals surface area contributed by atoms with Gasteiger partial charge in [0.25, 0.3) is 0 Å². The number of carbonyl (C=O) groups is 1. The Morgan fingerprint density at radius 3 is 2.38 bits per heavy atom. The van der Waals surface area contributed by atoms with E-state index in [2.05, 4.69) is 10.5 Å². The summed E-state index contributed by atoms with van der Waals surface area (Å²) >= 11 is 7.36. The fourth-order valence-corrected chi connectivity index (χ4v) is 4.23. The first-order chi connectivity index (χ1) is 12.5. The fraction of sp³-hybridized carbons (Fsp3) is 0.158. The molecule has 1 aliphatic rings. The van der Waals surface area contributed by atoms with Gasteiger partial charge in [-0.2, -0.15) is 0 Å². The molecule has 3 N–H and O–H groups in total. The maximum Gasteiger partial charge on any atom is 0.314 e. The van der Waals surface area contributed by atoms with Crippen LogP contribution in [0.25, 0.3) is 21.7 Å². The van der Waals surface area contributed by atoms with Crippen molar-refractivity contribution in [1.29, 1.82) is 0 Å². The number of hydrogen-bond acceptors (Lipinski definition) is 5. The van der Waals surface area contributed by atoms with E-state index < -0.39 is 11.4 Å². The summed E-state index contributed by atoms with van der Waals surface area (Å²) < 4.78 is 0.573. The second-order valence-corrected chi connectivity index (χ2v) is 7.99. The highest BCUT2D eigenvalue weighted by Gasteiger charge is 2.51. The van der Waals surface area contributed by atoms with Gasteiger partial charge in [-0.25, -0.2) is 0 Å². The van der Waals surface area contributed by atoms with Gasteiger partial charge in [-0.1, -0.05) is 35.9 Å². The molecule has 1 saturated carbocycles. The predicted octanol–water partition coefficient (Wildman–Crippen LogP) is 5.05. The highest BCUT2D eigenvalue weighted by atomic mass is 35.5. The van der Waals surface area contributed by atoms with Crippen molar-refractivity contribution in [2.24, 2.45) is 0 Å². The molecule has 0 atom stereocenters. The summed E-state index contributed by atoms with van der Waals surface area (Å²) in [6.07, 6.45) is 3.12. The molecule has 2 heterocycles. The summed E-state index contributed by atoms with van der Waals surface area (Å²) in [5.74, 6) is -0.754. The smallest absolute Gasteiger partial charge is 0.314 e. The lowest BCUT2D eigenvalue weighted by molar-refractivity contribution is -0.140. The van der Waals surface area contributed by atoms with Gasteiger partial charge in [-0.3, -0.25) is 20.5 Å². The van der Waals surface area contributed by atoms with Gasteiger partial charge in [-0.05, 0) is 36.6 Å². The van der Waals surface area contributed by atoms with Crippen LogP contribution in [0.4, 0.5) is 5.69 Å². The molecule has 2 aromatic heterocycles. The van der Waals surface area contributed by atoms with Crippen LogP contribution in [-0.2, 0) is 10.2 Å². The van der Waals surface area contributed by atoms with Gasteiger partial charge in [-0.15, -0.1) is 11.3 Å². The van der Waals surface area contributed by atoms with E-state index in [0.717, 1.165) is 27.3 Å². The first kappa shape index (κ1) is 17.0. The Morgan fingerprint density at radius 2 is 1.85 bits per heavy atom. The van der Waals surface area contributed by atoms with E-state index >= 15 is 0 Å². The molecule has 7 heteroatoms. The number of rotatable bonds is 5. The van der Waals surface area contributed by atoms with E-state index in [4.69, 9.17) is 11.6 Å². The minimum absolute atomic E-state index is 0.544. The molecule has 0 unspecified atom stereocenters. The largest absolute Gasteiger partial charge is 0.481 e. The van der Waals surface area contributed by atoms with Gasteiger partial charge >= 0.3 is 5.97 Å². The number of aromatic nitrogens is 1. The van der Waals surface area contributed by atoms with E-state index in [-0.39, 0.29) is 0 Å². The van der Waals surface area contributed by atoms with Crippen LogP contribution in [0.15, 0.2) is 48.7 Å². The zero-order valence-corrected chi connectivity index (χ0v) is 15.1. The van der Waals surface area contributed by atoms with Crippen molar-refractivity contribution in [3.05, 3.63) is 58.6 Å². The topological polar surface area (TPSA) is 82.5 Å². The van der Waals surface area contributed by atoms with E-state index in [9.17, 15) is 15.1 Å². The van der Waals surface area contributed by atoms with Crippen molar-refractivity contribution in [1.82, 2.24) is 4.98 Å². The third-order valence-corrected chi connectivity index (χ3v) is 6.05. The minimum Gasteiger partial charge on any atom is -0.481 e. The van der Waals surface area contributed by atoms with E-state index in [1.165, 1.54) is 11.3 Å². The van der Waals surface area contributed by atoms with Gasteiger partial charge in [0.2, 0.25) is 0 Å². The quantitative estimate of drug-likeness (QED) is 0.534. The Morgan fingerprint density at radius 1 is 1.15 bits per heavy atom. The summed E-state index contributed by atoms with van der Waals surface area (Å²) in [5.41, 5.74) is 5.41. The fourth-order valence-electron chi connectivity index (χ4n) is 3.07. The third-order valence-electron chi connectivity index (χ3n) is 4.74. The summed E-state index contributed by atoms with van der Waals surface area (Å²) in [6.45, 7) is 0. The maximum absolute atomic E-state index is 11.4. The molecule has 1 aromatic carbocycles. The zero-order valence-electron chi connectivity index (χ0n) is 13.6. The number of pyridine rings is 1. The van der Waals surface area contributed by atoms with Crippen LogP contribution >= 0.6 is 22.9 Å². The van der Waals surface area contributed by atoms with Crippen LogP contribution < -0.4 is 5.48 Å². The van der Waals surface area contributed by atoms with Crippen LogP contribution in [0, 0.1) is 0 Å². The lowest BCUT2D eigenvalue weighted by atomic mass is 9.94. The summed E-state index contributed by atoms with van der Waals surface area (Å²) in [7, 11) is 0. The number of carboxylic acids is 1. The number of nitrogens with one attached hydrogen (secondary N) is 1. The second-order valence-electron chi connectivity index (χ2n) is 6.30. The van der Waals surface area contributed by atoms with Crippen LogP contribution in [0.2, 0.25) is 4.34 Å². The van der Waals surface area contributed by atoms with Crippen molar-refractivity contribution in [3.63, 3.8) is 0 Å². The Hall–Kier alpha value is -2.41. The monoisotopic (exact) mass is 386 g/mol. The van der Waals surface area contributed by atoms with Gasteiger partial charge in [0.1, 0.15) is 0 Å². The van der Waals surface area contributed by atoms with Crippen molar-refractivity contribution in [2.45, 2.75) is 18.3 Å². The van der Waals surface area contributed by atoms with Gasteiger partial charge < -0.3 is 5.11 Å². The maximum atomic E-state index is 11.4. The molecule has 1 fully saturated rings. The molecule has 1 aliphatic carbocycles. The molecular formula is C19H15ClN2O3S. The zero-order chi connectivity index (χ0) is 18.3. The third kappa shape index (κ3) is 2.86. The molecule has 0 saturated heterocycles. The Kier molecular flexibility index (Phi) is 4.19. The molecule has 4 rings (SSSR count). The van der Waals surface area contributed by atoms with E-state index in [1.807, 2.05) is 36.4 Å². The van der Waals surface area contributed by atoms with Crippen LogP contribution in [0.1, 0.15) is 18.4 Å². The number of hydrogen-bond donors (Lipinski definition) is 3.